The summed E-state index contributed by atoms with van der Waals surface area (Å²) in [5, 5.41) is 19.4. The molecule has 0 saturated heterocycles. The fourth-order valence-electron chi connectivity index (χ4n) is 2.71. The molecule has 0 radical (unpaired) electrons. The molecule has 8 nitrogen and oxygen atoms in total. The number of nitrogens with two attached hydrogens (primary N) is 1. The highest BCUT2D eigenvalue weighted by Crippen LogP contribution is 2.26. The molecule has 8 heteroatoms. The molecule has 0 unspecified atom stereocenters. The van der Waals surface area contributed by atoms with E-state index >= 15 is 0 Å². The van der Waals surface area contributed by atoms with Gasteiger partial charge in [0.25, 0.3) is 5.91 Å². The van der Waals surface area contributed by atoms with E-state index in [9.17, 15) is 10.1 Å². The number of carbonyl (C=O) groups is 1. The van der Waals surface area contributed by atoms with Crippen molar-refractivity contribution in [1.29, 1.82) is 5.26 Å². The zero-order chi connectivity index (χ0) is 18.8. The highest BCUT2D eigenvalue weighted by Gasteiger charge is 2.16. The standard InChI is InChI=1S/C19H13N7O/c20-8-12-6-11(3-4-16(12)21)17-7-14(15-10-23-26-18(15)25-17)19(27)24-13-2-1-5-22-9-13/h1-7,9-10H,21H2,(H,24,27)(H,23,25,26). The van der Waals surface area contributed by atoms with E-state index in [0.29, 0.717) is 44.8 Å². The number of nitriles is 1. The van der Waals surface area contributed by atoms with Crippen LogP contribution in [0.4, 0.5) is 11.4 Å². The van der Waals surface area contributed by atoms with Crippen molar-refractivity contribution in [3.8, 4) is 17.3 Å². The average molecular weight is 355 g/mol. The summed E-state index contributed by atoms with van der Waals surface area (Å²) in [5.74, 6) is -0.311. The summed E-state index contributed by atoms with van der Waals surface area (Å²) in [6.45, 7) is 0. The summed E-state index contributed by atoms with van der Waals surface area (Å²) >= 11 is 0. The topological polar surface area (TPSA) is 133 Å². The van der Waals surface area contributed by atoms with Crippen molar-refractivity contribution in [2.45, 2.75) is 0 Å². The SMILES string of the molecule is N#Cc1cc(-c2cc(C(=O)Nc3cccnc3)c3cn[nH]c3n2)ccc1N. The Hall–Kier alpha value is -4.25. The number of hydrogen-bond acceptors (Lipinski definition) is 6. The highest BCUT2D eigenvalue weighted by molar-refractivity contribution is 6.12. The Balaban J connectivity index is 1.81. The van der Waals surface area contributed by atoms with Crippen molar-refractivity contribution in [2.75, 3.05) is 11.1 Å². The lowest BCUT2D eigenvalue weighted by atomic mass is 10.0. The Labute approximate surface area is 153 Å². The zero-order valence-corrected chi connectivity index (χ0v) is 14.0. The van der Waals surface area contributed by atoms with Crippen LogP contribution in [0.5, 0.6) is 0 Å². The van der Waals surface area contributed by atoms with Gasteiger partial charge in [-0.15, -0.1) is 0 Å². The molecular formula is C19H13N7O. The smallest absolute Gasteiger partial charge is 0.256 e. The van der Waals surface area contributed by atoms with E-state index in [-0.39, 0.29) is 5.91 Å². The molecule has 0 fully saturated rings. The number of nitrogens with one attached hydrogen (secondary N) is 2. The van der Waals surface area contributed by atoms with Crippen LogP contribution >= 0.6 is 0 Å². The van der Waals surface area contributed by atoms with Crippen LogP contribution in [0.1, 0.15) is 15.9 Å². The quantitative estimate of drug-likeness (QED) is 0.484. The number of nitrogen functional groups attached to an aromatic ring is 1. The van der Waals surface area contributed by atoms with Gasteiger partial charge in [0.05, 0.1) is 40.3 Å². The van der Waals surface area contributed by atoms with E-state index in [1.807, 2.05) is 6.07 Å². The molecule has 0 bridgehead atoms. The molecule has 27 heavy (non-hydrogen) atoms. The maximum atomic E-state index is 12.8. The van der Waals surface area contributed by atoms with Gasteiger partial charge in [-0.2, -0.15) is 10.4 Å². The van der Waals surface area contributed by atoms with Gasteiger partial charge in [0.15, 0.2) is 5.65 Å². The number of pyridine rings is 2. The second-order valence-corrected chi connectivity index (χ2v) is 5.80. The largest absolute Gasteiger partial charge is 0.398 e. The lowest BCUT2D eigenvalue weighted by Crippen LogP contribution is -2.13. The number of carbonyl (C=O) groups excluding carboxylic acids is 1. The first-order chi connectivity index (χ1) is 13.2. The van der Waals surface area contributed by atoms with Gasteiger partial charge in [0.1, 0.15) is 6.07 Å². The van der Waals surface area contributed by atoms with Gasteiger partial charge < -0.3 is 11.1 Å². The minimum Gasteiger partial charge on any atom is -0.398 e. The second kappa shape index (κ2) is 6.57. The average Bonchev–Trinajstić information content (AvgIpc) is 3.17. The molecule has 0 aliphatic carbocycles. The van der Waals surface area contributed by atoms with Crippen molar-refractivity contribution < 1.29 is 4.79 Å². The summed E-state index contributed by atoms with van der Waals surface area (Å²) < 4.78 is 0. The third kappa shape index (κ3) is 3.05. The predicted molar refractivity (Wildman–Crippen MR) is 101 cm³/mol. The molecule has 3 heterocycles. The Kier molecular flexibility index (Phi) is 3.95. The monoisotopic (exact) mass is 355 g/mol. The van der Waals surface area contributed by atoms with Crippen LogP contribution in [0, 0.1) is 11.3 Å². The Bertz CT molecular complexity index is 1190. The molecule has 3 aromatic heterocycles. The molecule has 4 N–H and O–H groups in total. The highest BCUT2D eigenvalue weighted by atomic mass is 16.1. The maximum Gasteiger partial charge on any atom is 0.256 e. The van der Waals surface area contributed by atoms with E-state index in [2.05, 4.69) is 25.5 Å². The number of aromatic amines is 1. The number of amides is 1. The van der Waals surface area contributed by atoms with Crippen LogP contribution in [-0.2, 0) is 0 Å². The second-order valence-electron chi connectivity index (χ2n) is 5.80. The molecule has 4 aromatic rings. The maximum absolute atomic E-state index is 12.8. The van der Waals surface area contributed by atoms with Gasteiger partial charge in [0.2, 0.25) is 0 Å². The Morgan fingerprint density at radius 1 is 1.22 bits per heavy atom. The first kappa shape index (κ1) is 16.2. The van der Waals surface area contributed by atoms with Gasteiger partial charge in [0, 0.05) is 17.4 Å². The van der Waals surface area contributed by atoms with Crippen molar-refractivity contribution in [3.63, 3.8) is 0 Å². The lowest BCUT2D eigenvalue weighted by Gasteiger charge is -2.09. The van der Waals surface area contributed by atoms with Crippen LogP contribution in [0.15, 0.2) is 55.0 Å². The molecular weight excluding hydrogens is 342 g/mol. The van der Waals surface area contributed by atoms with Gasteiger partial charge in [-0.25, -0.2) is 4.98 Å². The lowest BCUT2D eigenvalue weighted by molar-refractivity contribution is 0.102. The van der Waals surface area contributed by atoms with Gasteiger partial charge in [-0.1, -0.05) is 6.07 Å². The van der Waals surface area contributed by atoms with Gasteiger partial charge in [-0.3, -0.25) is 14.9 Å². The molecule has 4 rings (SSSR count). The molecule has 0 saturated carbocycles. The van der Waals surface area contributed by atoms with E-state index in [0.717, 1.165) is 0 Å². The van der Waals surface area contributed by atoms with E-state index in [1.54, 1.807) is 55.0 Å². The third-order valence-electron chi connectivity index (χ3n) is 4.06. The minimum atomic E-state index is -0.311. The number of benzene rings is 1. The minimum absolute atomic E-state index is 0.311. The predicted octanol–water partition coefficient (Wildman–Crippen LogP) is 2.73. The number of aromatic nitrogens is 4. The fraction of sp³-hybridized carbons (Fsp3) is 0. The van der Waals surface area contributed by atoms with E-state index in [1.165, 1.54) is 0 Å². The molecule has 1 amide bonds. The summed E-state index contributed by atoms with van der Waals surface area (Å²) in [7, 11) is 0. The number of hydrogen-bond donors (Lipinski definition) is 3. The van der Waals surface area contributed by atoms with Gasteiger partial charge in [-0.05, 0) is 30.3 Å². The summed E-state index contributed by atoms with van der Waals surface area (Å²) in [5.41, 5.74) is 9.18. The van der Waals surface area contributed by atoms with E-state index in [4.69, 9.17) is 5.73 Å². The number of rotatable bonds is 3. The summed E-state index contributed by atoms with van der Waals surface area (Å²) in [4.78, 5) is 21.3. The van der Waals surface area contributed by atoms with Crippen molar-refractivity contribution in [3.05, 3.63) is 66.1 Å². The van der Waals surface area contributed by atoms with Crippen LogP contribution in [-0.4, -0.2) is 26.1 Å². The normalized spacial score (nSPS) is 10.5. The van der Waals surface area contributed by atoms with Crippen LogP contribution in [0.2, 0.25) is 0 Å². The van der Waals surface area contributed by atoms with E-state index < -0.39 is 0 Å². The fourth-order valence-corrected chi connectivity index (χ4v) is 2.71. The molecule has 0 aliphatic rings. The number of fused-ring (bicyclic) bond motifs is 1. The van der Waals surface area contributed by atoms with Crippen molar-refractivity contribution >= 4 is 28.3 Å². The third-order valence-corrected chi connectivity index (χ3v) is 4.06. The Morgan fingerprint density at radius 3 is 2.89 bits per heavy atom. The summed E-state index contributed by atoms with van der Waals surface area (Å²) in [6.07, 6.45) is 4.74. The molecule has 130 valence electrons. The van der Waals surface area contributed by atoms with Crippen molar-refractivity contribution in [2.24, 2.45) is 0 Å². The van der Waals surface area contributed by atoms with Crippen LogP contribution in [0.3, 0.4) is 0 Å². The van der Waals surface area contributed by atoms with Crippen molar-refractivity contribution in [1.82, 2.24) is 20.2 Å². The van der Waals surface area contributed by atoms with Gasteiger partial charge >= 0.3 is 0 Å². The molecule has 0 atom stereocenters. The molecule has 0 aliphatic heterocycles. The number of nitrogens with zero attached hydrogens (tertiary/aromatic N) is 4. The zero-order valence-electron chi connectivity index (χ0n) is 14.0. The first-order valence-corrected chi connectivity index (χ1v) is 8.01. The van der Waals surface area contributed by atoms with Crippen LogP contribution in [0.25, 0.3) is 22.3 Å². The summed E-state index contributed by atoms with van der Waals surface area (Å²) in [6, 6.07) is 12.2. The Morgan fingerprint density at radius 2 is 2.11 bits per heavy atom. The van der Waals surface area contributed by atoms with Crippen LogP contribution < -0.4 is 11.1 Å². The molecule has 1 aromatic carbocycles. The number of H-pyrrole nitrogens is 1. The first-order valence-electron chi connectivity index (χ1n) is 8.01. The molecule has 0 spiro atoms. The number of anilines is 2.